The summed E-state index contributed by atoms with van der Waals surface area (Å²) in [6.45, 7) is 7.31. The highest BCUT2D eigenvalue weighted by molar-refractivity contribution is 5.36. The van der Waals surface area contributed by atoms with Crippen LogP contribution in [0.5, 0.6) is 0 Å². The highest BCUT2D eigenvalue weighted by atomic mass is 16.9. The summed E-state index contributed by atoms with van der Waals surface area (Å²) >= 11 is 0. The molecule has 1 aliphatic rings. The Morgan fingerprint density at radius 3 is 2.43 bits per heavy atom. The first-order chi connectivity index (χ1) is 13.6. The molecule has 0 heterocycles. The van der Waals surface area contributed by atoms with E-state index in [2.05, 4.69) is 13.8 Å². The Kier molecular flexibility index (Phi) is 10.4. The fourth-order valence-electron chi connectivity index (χ4n) is 3.86. The quantitative estimate of drug-likeness (QED) is 0.251. The van der Waals surface area contributed by atoms with Gasteiger partial charge in [0.15, 0.2) is 0 Å². The van der Waals surface area contributed by atoms with Crippen LogP contribution in [-0.4, -0.2) is 36.3 Å². The van der Waals surface area contributed by atoms with Crippen molar-refractivity contribution in [2.45, 2.75) is 83.7 Å². The van der Waals surface area contributed by atoms with Crippen LogP contribution in [0.15, 0.2) is 24.3 Å². The van der Waals surface area contributed by atoms with Gasteiger partial charge in [-0.2, -0.15) is 0 Å². The van der Waals surface area contributed by atoms with Crippen molar-refractivity contribution >= 4 is 0 Å². The molecule has 0 saturated carbocycles. The maximum absolute atomic E-state index is 12.6. The zero-order valence-corrected chi connectivity index (χ0v) is 17.6. The fraction of sp³-hybridized carbons (Fsp3) is 0.727. The highest BCUT2D eigenvalue weighted by Gasteiger charge is 2.31. The summed E-state index contributed by atoms with van der Waals surface area (Å²) in [6.07, 6.45) is 6.58. The summed E-state index contributed by atoms with van der Waals surface area (Å²) in [4.78, 5) is 5.41. The molecule has 0 fully saturated rings. The third-order valence-corrected chi connectivity index (χ3v) is 5.60. The summed E-state index contributed by atoms with van der Waals surface area (Å²) < 4.78 is 5.52. The molecule has 0 N–H and O–H groups in total. The molecule has 0 aromatic heterocycles. The SMILES string of the molecule is CCCCCON([O-])C(C)C1CCC(N([O-])COCCCC)c2ccccc21. The molecule has 2 rings (SSSR count). The van der Waals surface area contributed by atoms with E-state index in [0.717, 1.165) is 66.4 Å². The molecule has 28 heavy (non-hydrogen) atoms. The van der Waals surface area contributed by atoms with Gasteiger partial charge in [0.1, 0.15) is 0 Å². The molecular weight excluding hydrogens is 356 g/mol. The van der Waals surface area contributed by atoms with Gasteiger partial charge in [-0.15, -0.1) is 0 Å². The van der Waals surface area contributed by atoms with Crippen molar-refractivity contribution in [3.05, 3.63) is 45.8 Å². The maximum Gasteiger partial charge on any atom is 0.0881 e. The van der Waals surface area contributed by atoms with Crippen molar-refractivity contribution in [3.63, 3.8) is 0 Å². The molecule has 0 saturated heterocycles. The zero-order chi connectivity index (χ0) is 20.4. The van der Waals surface area contributed by atoms with Crippen LogP contribution in [0, 0.1) is 10.4 Å². The third kappa shape index (κ3) is 6.51. The van der Waals surface area contributed by atoms with Crippen LogP contribution in [0.4, 0.5) is 0 Å². The monoisotopic (exact) mass is 392 g/mol. The first-order valence-corrected chi connectivity index (χ1v) is 10.8. The Labute approximate surface area is 169 Å². The van der Waals surface area contributed by atoms with E-state index in [1.807, 2.05) is 31.2 Å². The largest absolute Gasteiger partial charge is 0.783 e. The first kappa shape index (κ1) is 23.3. The summed E-state index contributed by atoms with van der Waals surface area (Å²) in [5.41, 5.74) is 2.10. The van der Waals surface area contributed by atoms with Gasteiger partial charge >= 0.3 is 0 Å². The number of rotatable bonds is 13. The van der Waals surface area contributed by atoms with E-state index in [1.165, 1.54) is 0 Å². The topological polar surface area (TPSA) is 71.1 Å². The predicted octanol–water partition coefficient (Wildman–Crippen LogP) is 5.49. The summed E-state index contributed by atoms with van der Waals surface area (Å²) in [5.74, 6) is 0.0607. The molecule has 3 atom stereocenters. The summed E-state index contributed by atoms with van der Waals surface area (Å²) in [5, 5.41) is 26.9. The van der Waals surface area contributed by atoms with Gasteiger partial charge in [0.05, 0.1) is 13.3 Å². The minimum Gasteiger partial charge on any atom is -0.783 e. The van der Waals surface area contributed by atoms with Gasteiger partial charge in [0.25, 0.3) is 0 Å². The molecule has 1 aliphatic carbocycles. The molecule has 0 radical (unpaired) electrons. The van der Waals surface area contributed by atoms with E-state index in [9.17, 15) is 10.4 Å². The molecule has 0 bridgehead atoms. The Hall–Kier alpha value is -1.02. The van der Waals surface area contributed by atoms with Crippen molar-refractivity contribution in [2.75, 3.05) is 19.9 Å². The van der Waals surface area contributed by atoms with Crippen molar-refractivity contribution in [2.24, 2.45) is 0 Å². The van der Waals surface area contributed by atoms with E-state index in [-0.39, 0.29) is 24.7 Å². The second kappa shape index (κ2) is 12.5. The standard InChI is InChI=1S/C22H36N2O4/c1-4-6-10-16-28-24(26)18(3)19-13-14-22(21-12-9-8-11-20(19)21)23(25)17-27-15-7-5-2/h8-9,11-12,18-19,22H,4-7,10,13-17H2,1-3H3/q-2. The lowest BCUT2D eigenvalue weighted by Crippen LogP contribution is -2.37. The van der Waals surface area contributed by atoms with Crippen LogP contribution in [0.3, 0.4) is 0 Å². The smallest absolute Gasteiger partial charge is 0.0881 e. The molecular formula is C22H36N2O4-2. The molecule has 160 valence electrons. The number of fused-ring (bicyclic) bond motifs is 1. The van der Waals surface area contributed by atoms with Gasteiger partial charge in [0.2, 0.25) is 0 Å². The lowest BCUT2D eigenvalue weighted by molar-refractivity contribution is -0.152. The van der Waals surface area contributed by atoms with Crippen molar-refractivity contribution in [1.29, 1.82) is 0 Å². The van der Waals surface area contributed by atoms with Crippen LogP contribution >= 0.6 is 0 Å². The summed E-state index contributed by atoms with van der Waals surface area (Å²) in [6, 6.07) is 7.48. The van der Waals surface area contributed by atoms with Crippen LogP contribution in [0.25, 0.3) is 0 Å². The Morgan fingerprint density at radius 2 is 1.71 bits per heavy atom. The Bertz CT molecular complexity index is 557. The number of benzene rings is 1. The lowest BCUT2D eigenvalue weighted by Gasteiger charge is -2.46. The van der Waals surface area contributed by atoms with Gasteiger partial charge < -0.3 is 25.1 Å². The predicted molar refractivity (Wildman–Crippen MR) is 112 cm³/mol. The molecule has 0 spiro atoms. The lowest BCUT2D eigenvalue weighted by atomic mass is 9.77. The van der Waals surface area contributed by atoms with E-state index in [1.54, 1.807) is 0 Å². The van der Waals surface area contributed by atoms with Crippen LogP contribution < -0.4 is 0 Å². The average molecular weight is 393 g/mol. The molecule has 3 unspecified atom stereocenters. The fourth-order valence-corrected chi connectivity index (χ4v) is 3.86. The molecule has 0 amide bonds. The molecule has 6 nitrogen and oxygen atoms in total. The molecule has 1 aromatic rings. The molecule has 6 heteroatoms. The first-order valence-electron chi connectivity index (χ1n) is 10.8. The number of hydrogen-bond acceptors (Lipinski definition) is 6. The Morgan fingerprint density at radius 1 is 1.00 bits per heavy atom. The van der Waals surface area contributed by atoms with Crippen molar-refractivity contribution in [1.82, 2.24) is 10.3 Å². The minimum atomic E-state index is -0.287. The minimum absolute atomic E-state index is 0.0607. The number of hydrogen-bond donors (Lipinski definition) is 0. The third-order valence-electron chi connectivity index (χ3n) is 5.60. The van der Waals surface area contributed by atoms with Gasteiger partial charge in [0, 0.05) is 24.6 Å². The van der Waals surface area contributed by atoms with Crippen LogP contribution in [-0.2, 0) is 9.57 Å². The van der Waals surface area contributed by atoms with Crippen molar-refractivity contribution < 1.29 is 9.57 Å². The van der Waals surface area contributed by atoms with Crippen molar-refractivity contribution in [3.8, 4) is 0 Å². The molecule has 0 aliphatic heterocycles. The number of unbranched alkanes of at least 4 members (excludes halogenated alkanes) is 3. The highest BCUT2D eigenvalue weighted by Crippen LogP contribution is 2.42. The zero-order valence-electron chi connectivity index (χ0n) is 17.6. The maximum atomic E-state index is 12.6. The van der Waals surface area contributed by atoms with Crippen LogP contribution in [0.2, 0.25) is 0 Å². The van der Waals surface area contributed by atoms with Gasteiger partial charge in [-0.3, -0.25) is 5.23 Å². The average Bonchev–Trinajstić information content (AvgIpc) is 2.72. The van der Waals surface area contributed by atoms with E-state index >= 15 is 0 Å². The second-order valence-corrected chi connectivity index (χ2v) is 7.70. The van der Waals surface area contributed by atoms with Crippen LogP contribution in [0.1, 0.15) is 88.8 Å². The number of hydroxylamine groups is 4. The number of nitrogens with zero attached hydrogens (tertiary/aromatic N) is 2. The van der Waals surface area contributed by atoms with Gasteiger partial charge in [-0.25, -0.2) is 0 Å². The van der Waals surface area contributed by atoms with E-state index in [4.69, 9.17) is 9.57 Å². The number of ether oxygens (including phenoxy) is 1. The Balaban J connectivity index is 2.00. The van der Waals surface area contributed by atoms with E-state index in [0.29, 0.717) is 13.2 Å². The van der Waals surface area contributed by atoms with E-state index < -0.39 is 0 Å². The molecule has 1 aromatic carbocycles. The normalized spacial score (nSPS) is 20.5. The summed E-state index contributed by atoms with van der Waals surface area (Å²) in [7, 11) is 0. The second-order valence-electron chi connectivity index (χ2n) is 7.70. The van der Waals surface area contributed by atoms with Gasteiger partial charge in [-0.05, 0) is 43.7 Å². The van der Waals surface area contributed by atoms with Gasteiger partial charge in [-0.1, -0.05) is 57.4 Å².